The van der Waals surface area contributed by atoms with Gasteiger partial charge in [-0.05, 0) is 0 Å². The van der Waals surface area contributed by atoms with Crippen LogP contribution < -0.4 is 3.71 Å². The molecule has 1 aromatic rings. The van der Waals surface area contributed by atoms with Gasteiger partial charge in [0.25, 0.3) is 0 Å². The average Bonchev–Trinajstić information content (AvgIpc) is 2.78. The molecule has 0 aromatic carbocycles. The minimum atomic E-state index is -2.05. The van der Waals surface area contributed by atoms with E-state index in [4.69, 9.17) is 9.47 Å². The molecule has 1 aromatic heterocycles. The van der Waals surface area contributed by atoms with E-state index in [1.807, 2.05) is 18.3 Å². The van der Waals surface area contributed by atoms with Crippen LogP contribution in [0.1, 0.15) is 5.56 Å². The molecule has 1 aliphatic rings. The SMILES string of the molecule is [CH3][Sn]([CH3])([CH3])[c]1cc(/C=C/C2OCCO2)ccn1. The molecule has 0 saturated carbocycles. The van der Waals surface area contributed by atoms with Crippen LogP contribution in [0.2, 0.25) is 14.8 Å². The molecule has 3 nitrogen and oxygen atoms in total. The maximum atomic E-state index is 5.36. The Morgan fingerprint density at radius 1 is 1.29 bits per heavy atom. The fourth-order valence-electron chi connectivity index (χ4n) is 1.64. The predicted molar refractivity (Wildman–Crippen MR) is 71.9 cm³/mol. The summed E-state index contributed by atoms with van der Waals surface area (Å²) in [5, 5.41) is 0. The first kappa shape index (κ1) is 13.1. The molecule has 1 saturated heterocycles. The van der Waals surface area contributed by atoms with Crippen molar-refractivity contribution in [3.05, 3.63) is 30.0 Å². The quantitative estimate of drug-likeness (QED) is 0.789. The number of rotatable bonds is 3. The first-order chi connectivity index (χ1) is 8.05. The number of hydrogen-bond donors (Lipinski definition) is 0. The first-order valence-corrected chi connectivity index (χ1v) is 15.9. The third-order valence-corrected chi connectivity index (χ3v) is 7.81. The predicted octanol–water partition coefficient (Wildman–Crippen LogP) is 2.01. The molecule has 0 unspecified atom stereocenters. The van der Waals surface area contributed by atoms with Gasteiger partial charge < -0.3 is 0 Å². The number of nitrogens with zero attached hydrogens (tertiary/aromatic N) is 1. The van der Waals surface area contributed by atoms with Gasteiger partial charge in [-0.1, -0.05) is 0 Å². The Balaban J connectivity index is 2.10. The Labute approximate surface area is 107 Å². The third kappa shape index (κ3) is 3.79. The summed E-state index contributed by atoms with van der Waals surface area (Å²) in [6.07, 6.45) is 5.74. The summed E-state index contributed by atoms with van der Waals surface area (Å²) >= 11 is -2.05. The summed E-state index contributed by atoms with van der Waals surface area (Å²) in [5.74, 6) is 0. The summed E-state index contributed by atoms with van der Waals surface area (Å²) in [6, 6.07) is 4.22. The number of aromatic nitrogens is 1. The van der Waals surface area contributed by atoms with Crippen molar-refractivity contribution in [3.63, 3.8) is 0 Å². The van der Waals surface area contributed by atoms with Crippen molar-refractivity contribution in [3.8, 4) is 0 Å². The molecule has 17 heavy (non-hydrogen) atoms. The normalized spacial score (nSPS) is 18.1. The van der Waals surface area contributed by atoms with Crippen molar-refractivity contribution in [1.29, 1.82) is 0 Å². The maximum absolute atomic E-state index is 5.36. The molecule has 92 valence electrons. The number of hydrogen-bond acceptors (Lipinski definition) is 3. The summed E-state index contributed by atoms with van der Waals surface area (Å²) in [6.45, 7) is 1.38. The van der Waals surface area contributed by atoms with Crippen LogP contribution in [0.15, 0.2) is 24.4 Å². The topological polar surface area (TPSA) is 31.4 Å². The van der Waals surface area contributed by atoms with Crippen LogP contribution >= 0.6 is 0 Å². The zero-order chi connectivity index (χ0) is 12.3. The molecule has 1 aliphatic heterocycles. The van der Waals surface area contributed by atoms with Crippen molar-refractivity contribution in [2.24, 2.45) is 0 Å². The molecule has 1 fully saturated rings. The molecule has 0 amide bonds. The van der Waals surface area contributed by atoms with Crippen LogP contribution in [0.3, 0.4) is 0 Å². The van der Waals surface area contributed by atoms with Crippen LogP contribution in [0.5, 0.6) is 0 Å². The second-order valence-electron chi connectivity index (χ2n) is 5.19. The number of ether oxygens (including phenoxy) is 2. The summed E-state index contributed by atoms with van der Waals surface area (Å²) < 4.78 is 12.0. The molecule has 0 spiro atoms. The fraction of sp³-hybridized carbons (Fsp3) is 0.462. The van der Waals surface area contributed by atoms with E-state index in [1.54, 1.807) is 0 Å². The summed E-state index contributed by atoms with van der Waals surface area (Å²) in [7, 11) is 0. The summed E-state index contributed by atoms with van der Waals surface area (Å²) in [4.78, 5) is 11.6. The van der Waals surface area contributed by atoms with E-state index in [0.29, 0.717) is 13.2 Å². The van der Waals surface area contributed by atoms with Crippen molar-refractivity contribution in [2.45, 2.75) is 21.1 Å². The number of pyridine rings is 1. The second-order valence-corrected chi connectivity index (χ2v) is 19.5. The van der Waals surface area contributed by atoms with Gasteiger partial charge in [-0.2, -0.15) is 0 Å². The van der Waals surface area contributed by atoms with Gasteiger partial charge in [0, 0.05) is 0 Å². The van der Waals surface area contributed by atoms with Crippen molar-refractivity contribution < 1.29 is 9.47 Å². The van der Waals surface area contributed by atoms with Gasteiger partial charge in [0.15, 0.2) is 0 Å². The van der Waals surface area contributed by atoms with Crippen LogP contribution in [-0.4, -0.2) is 42.9 Å². The minimum absolute atomic E-state index is 0.176. The Hall–Kier alpha value is -0.391. The Bertz CT molecular complexity index is 406. The van der Waals surface area contributed by atoms with Gasteiger partial charge >= 0.3 is 107 Å². The van der Waals surface area contributed by atoms with E-state index in [0.717, 1.165) is 0 Å². The second kappa shape index (κ2) is 5.50. The van der Waals surface area contributed by atoms with Crippen LogP contribution in [0, 0.1) is 0 Å². The van der Waals surface area contributed by atoms with Crippen LogP contribution in [0.4, 0.5) is 0 Å². The van der Waals surface area contributed by atoms with Crippen LogP contribution in [0.25, 0.3) is 6.08 Å². The van der Waals surface area contributed by atoms with E-state index in [1.165, 1.54) is 9.27 Å². The van der Waals surface area contributed by atoms with Crippen molar-refractivity contribution in [2.75, 3.05) is 13.2 Å². The van der Waals surface area contributed by atoms with E-state index < -0.39 is 18.4 Å². The molecule has 4 heteroatoms. The van der Waals surface area contributed by atoms with Crippen LogP contribution in [-0.2, 0) is 9.47 Å². The average molecular weight is 340 g/mol. The Kier molecular flexibility index (Phi) is 4.22. The van der Waals surface area contributed by atoms with Gasteiger partial charge in [-0.25, -0.2) is 0 Å². The van der Waals surface area contributed by atoms with Crippen molar-refractivity contribution >= 4 is 28.2 Å². The van der Waals surface area contributed by atoms with E-state index in [-0.39, 0.29) is 6.29 Å². The Morgan fingerprint density at radius 2 is 2.00 bits per heavy atom. The molecule has 2 heterocycles. The van der Waals surface area contributed by atoms with E-state index in [9.17, 15) is 0 Å². The molecule has 0 atom stereocenters. The van der Waals surface area contributed by atoms with Gasteiger partial charge in [0.1, 0.15) is 0 Å². The molecular formula is C13H19NO2Sn. The van der Waals surface area contributed by atoms with Crippen molar-refractivity contribution in [1.82, 2.24) is 4.98 Å². The monoisotopic (exact) mass is 341 g/mol. The molecule has 0 radical (unpaired) electrons. The molecule has 0 bridgehead atoms. The Morgan fingerprint density at radius 3 is 2.65 bits per heavy atom. The van der Waals surface area contributed by atoms with Gasteiger partial charge in [0.2, 0.25) is 0 Å². The fourth-order valence-corrected chi connectivity index (χ4v) is 4.67. The van der Waals surface area contributed by atoms with E-state index >= 15 is 0 Å². The standard InChI is InChI=1S/C10H10NO2.3CH3.Sn/c1(2-10-12-7-8-13-10)9-3-5-11-6-4-9;;;;/h1-5,10H,7-8H2;3*1H3;/b2-1+;;;;. The van der Waals surface area contributed by atoms with E-state index in [2.05, 4.69) is 31.9 Å². The zero-order valence-electron chi connectivity index (χ0n) is 10.6. The third-order valence-electron chi connectivity index (χ3n) is 2.65. The summed E-state index contributed by atoms with van der Waals surface area (Å²) in [5.41, 5.74) is 1.18. The zero-order valence-corrected chi connectivity index (χ0v) is 13.5. The first-order valence-electron chi connectivity index (χ1n) is 5.94. The molecular weight excluding hydrogens is 321 g/mol. The molecule has 0 N–H and O–H groups in total. The van der Waals surface area contributed by atoms with Gasteiger partial charge in [-0.15, -0.1) is 0 Å². The van der Waals surface area contributed by atoms with Gasteiger partial charge in [0.05, 0.1) is 0 Å². The van der Waals surface area contributed by atoms with Gasteiger partial charge in [-0.3, -0.25) is 0 Å². The molecule has 0 aliphatic carbocycles. The molecule has 2 rings (SSSR count).